The van der Waals surface area contributed by atoms with Gasteiger partial charge in [0.15, 0.2) is 0 Å². The molecular weight excluding hydrogens is 244 g/mol. The van der Waals surface area contributed by atoms with Gasteiger partial charge >= 0.3 is 0 Å². The van der Waals surface area contributed by atoms with Gasteiger partial charge in [0.25, 0.3) is 0 Å². The smallest absolute Gasteiger partial charge is 0.120 e. The van der Waals surface area contributed by atoms with Crippen LogP contribution in [0, 0.1) is 0 Å². The minimum atomic E-state index is -0.692. The lowest BCUT2D eigenvalue weighted by Gasteiger charge is -2.35. The molecule has 4 N–H and O–H groups in total. The molecule has 0 bridgehead atoms. The van der Waals surface area contributed by atoms with Crippen molar-refractivity contribution < 1.29 is 14.9 Å². The molecule has 0 amide bonds. The van der Waals surface area contributed by atoms with Crippen molar-refractivity contribution in [3.8, 4) is 5.75 Å². The van der Waals surface area contributed by atoms with Crippen LogP contribution in [0.25, 0.3) is 0 Å². The van der Waals surface area contributed by atoms with Crippen LogP contribution in [0.1, 0.15) is 18.4 Å². The van der Waals surface area contributed by atoms with Crippen molar-refractivity contribution in [3.63, 3.8) is 0 Å². The molecule has 0 aliphatic carbocycles. The number of nitrogens with zero attached hydrogens (tertiary/aromatic N) is 1. The summed E-state index contributed by atoms with van der Waals surface area (Å²) >= 11 is 0. The summed E-state index contributed by atoms with van der Waals surface area (Å²) in [6, 6.07) is 5.03. The lowest BCUT2D eigenvalue weighted by atomic mass is 9.94. The molecule has 0 aromatic heterocycles. The van der Waals surface area contributed by atoms with Gasteiger partial charge in [-0.05, 0) is 25.2 Å². The Balaban J connectivity index is 1.96. The van der Waals surface area contributed by atoms with Gasteiger partial charge in [-0.1, -0.05) is 0 Å². The number of hydrogen-bond donors (Lipinski definition) is 3. The average Bonchev–Trinajstić information content (AvgIpc) is 2.34. The van der Waals surface area contributed by atoms with Crippen molar-refractivity contribution in [1.82, 2.24) is 4.90 Å². The minimum absolute atomic E-state index is 0.236. The van der Waals surface area contributed by atoms with Gasteiger partial charge in [-0.15, -0.1) is 0 Å². The number of anilines is 1. The maximum atomic E-state index is 10.4. The van der Waals surface area contributed by atoms with Crippen LogP contribution >= 0.6 is 0 Å². The number of aromatic hydroxyl groups is 1. The molecule has 1 aliphatic heterocycles. The van der Waals surface area contributed by atoms with Gasteiger partial charge < -0.3 is 20.7 Å². The monoisotopic (exact) mass is 266 g/mol. The summed E-state index contributed by atoms with van der Waals surface area (Å²) in [5.41, 5.74) is 6.43. The van der Waals surface area contributed by atoms with Crippen LogP contribution in [-0.4, -0.2) is 47.5 Å². The Bertz CT molecular complexity index is 431. The number of ether oxygens (including phenoxy) is 1. The third kappa shape index (κ3) is 3.83. The van der Waals surface area contributed by atoms with Crippen LogP contribution in [0.3, 0.4) is 0 Å². The molecule has 5 heteroatoms. The van der Waals surface area contributed by atoms with E-state index in [0.717, 1.165) is 5.56 Å². The number of benzene rings is 1. The lowest BCUT2D eigenvalue weighted by molar-refractivity contribution is -0.0777. The molecule has 1 aromatic carbocycles. The Labute approximate surface area is 113 Å². The van der Waals surface area contributed by atoms with Crippen LogP contribution in [0.5, 0.6) is 5.75 Å². The first-order valence-electron chi connectivity index (χ1n) is 6.55. The van der Waals surface area contributed by atoms with E-state index in [2.05, 4.69) is 0 Å². The molecule has 0 radical (unpaired) electrons. The van der Waals surface area contributed by atoms with Gasteiger partial charge in [0.1, 0.15) is 5.75 Å². The van der Waals surface area contributed by atoms with Crippen molar-refractivity contribution in [2.45, 2.75) is 25.0 Å². The standard InChI is InChI=1S/C14H22N2O3/c1-16(10-14(18)4-6-19-7-5-14)9-11-8-12(15)2-3-13(11)17/h2-3,8,17-18H,4-7,9-10,15H2,1H3. The second kappa shape index (κ2) is 5.77. The Morgan fingerprint density at radius 1 is 1.37 bits per heavy atom. The zero-order valence-electron chi connectivity index (χ0n) is 11.3. The van der Waals surface area contributed by atoms with Crippen molar-refractivity contribution in [3.05, 3.63) is 23.8 Å². The fourth-order valence-corrected chi connectivity index (χ4v) is 2.49. The molecule has 1 aliphatic rings. The predicted molar refractivity (Wildman–Crippen MR) is 73.9 cm³/mol. The van der Waals surface area contributed by atoms with E-state index < -0.39 is 5.60 Å². The van der Waals surface area contributed by atoms with E-state index in [-0.39, 0.29) is 5.75 Å². The lowest BCUT2D eigenvalue weighted by Crippen LogP contribution is -2.45. The van der Waals surface area contributed by atoms with E-state index in [1.54, 1.807) is 18.2 Å². The Morgan fingerprint density at radius 2 is 2.05 bits per heavy atom. The number of aliphatic hydroxyl groups is 1. The predicted octanol–water partition coefficient (Wildman–Crippen LogP) is 0.948. The number of phenols is 1. The largest absolute Gasteiger partial charge is 0.508 e. The van der Waals surface area contributed by atoms with Crippen LogP contribution < -0.4 is 5.73 Å². The normalized spacial score (nSPS) is 18.7. The quantitative estimate of drug-likeness (QED) is 0.558. The molecule has 0 saturated carbocycles. The van der Waals surface area contributed by atoms with Crippen molar-refractivity contribution in [1.29, 1.82) is 0 Å². The average molecular weight is 266 g/mol. The number of phenolic OH excluding ortho intramolecular Hbond substituents is 1. The third-order valence-electron chi connectivity index (χ3n) is 3.53. The molecule has 19 heavy (non-hydrogen) atoms. The molecule has 1 fully saturated rings. The number of nitrogen functional groups attached to an aromatic ring is 1. The summed E-state index contributed by atoms with van der Waals surface area (Å²) in [7, 11) is 1.93. The molecule has 1 aromatic rings. The Kier molecular flexibility index (Phi) is 4.29. The molecule has 0 atom stereocenters. The number of rotatable bonds is 4. The summed E-state index contributed by atoms with van der Waals surface area (Å²) in [4.78, 5) is 2.00. The Morgan fingerprint density at radius 3 is 2.74 bits per heavy atom. The molecule has 0 spiro atoms. The van der Waals surface area contributed by atoms with Crippen LogP contribution in [0.4, 0.5) is 5.69 Å². The SMILES string of the molecule is CN(Cc1cc(N)ccc1O)CC1(O)CCOCC1. The second-order valence-corrected chi connectivity index (χ2v) is 5.40. The van der Waals surface area contributed by atoms with Gasteiger partial charge in [-0.3, -0.25) is 4.90 Å². The molecule has 2 rings (SSSR count). The highest BCUT2D eigenvalue weighted by atomic mass is 16.5. The number of likely N-dealkylation sites (N-methyl/N-ethyl adjacent to an activating group) is 1. The van der Waals surface area contributed by atoms with Crippen LogP contribution in [-0.2, 0) is 11.3 Å². The highest BCUT2D eigenvalue weighted by Gasteiger charge is 2.31. The molecule has 1 saturated heterocycles. The summed E-state index contributed by atoms with van der Waals surface area (Å²) in [5, 5.41) is 20.2. The molecule has 1 heterocycles. The van der Waals surface area contributed by atoms with Gasteiger partial charge in [-0.25, -0.2) is 0 Å². The fourth-order valence-electron chi connectivity index (χ4n) is 2.49. The maximum absolute atomic E-state index is 10.4. The topological polar surface area (TPSA) is 79.0 Å². The molecular formula is C14H22N2O3. The first-order chi connectivity index (χ1) is 8.98. The van der Waals surface area contributed by atoms with E-state index in [9.17, 15) is 10.2 Å². The van der Waals surface area contributed by atoms with Gasteiger partial charge in [0.05, 0.1) is 5.60 Å². The van der Waals surface area contributed by atoms with E-state index in [0.29, 0.717) is 44.8 Å². The van der Waals surface area contributed by atoms with E-state index in [1.807, 2.05) is 11.9 Å². The van der Waals surface area contributed by atoms with E-state index in [4.69, 9.17) is 10.5 Å². The zero-order valence-corrected chi connectivity index (χ0v) is 11.3. The maximum Gasteiger partial charge on any atom is 0.120 e. The number of nitrogens with two attached hydrogens (primary N) is 1. The second-order valence-electron chi connectivity index (χ2n) is 5.40. The molecule has 0 unspecified atom stereocenters. The highest BCUT2D eigenvalue weighted by Crippen LogP contribution is 2.24. The summed E-state index contributed by atoms with van der Waals surface area (Å²) in [6.45, 7) is 2.33. The summed E-state index contributed by atoms with van der Waals surface area (Å²) < 4.78 is 5.26. The fraction of sp³-hybridized carbons (Fsp3) is 0.571. The van der Waals surface area contributed by atoms with Gasteiger partial charge in [0, 0.05) is 50.4 Å². The van der Waals surface area contributed by atoms with Crippen LogP contribution in [0.2, 0.25) is 0 Å². The van der Waals surface area contributed by atoms with Crippen molar-refractivity contribution in [2.75, 3.05) is 32.5 Å². The molecule has 106 valence electrons. The van der Waals surface area contributed by atoms with Crippen molar-refractivity contribution in [2.24, 2.45) is 0 Å². The molecule has 5 nitrogen and oxygen atoms in total. The highest BCUT2D eigenvalue weighted by molar-refractivity contribution is 5.47. The minimum Gasteiger partial charge on any atom is -0.508 e. The summed E-state index contributed by atoms with van der Waals surface area (Å²) in [6.07, 6.45) is 1.31. The number of hydrogen-bond acceptors (Lipinski definition) is 5. The van der Waals surface area contributed by atoms with Crippen molar-refractivity contribution >= 4 is 5.69 Å². The van der Waals surface area contributed by atoms with Gasteiger partial charge in [-0.2, -0.15) is 0 Å². The summed E-state index contributed by atoms with van der Waals surface area (Å²) in [5.74, 6) is 0.236. The zero-order chi connectivity index (χ0) is 13.9. The first kappa shape index (κ1) is 14.1. The van der Waals surface area contributed by atoms with E-state index in [1.165, 1.54) is 0 Å². The third-order valence-corrected chi connectivity index (χ3v) is 3.53. The van der Waals surface area contributed by atoms with Crippen LogP contribution in [0.15, 0.2) is 18.2 Å². The first-order valence-corrected chi connectivity index (χ1v) is 6.55. The Hall–Kier alpha value is -1.30. The van der Waals surface area contributed by atoms with E-state index >= 15 is 0 Å². The van der Waals surface area contributed by atoms with Gasteiger partial charge in [0.2, 0.25) is 0 Å².